The number of halogens is 2. The molecule has 0 N–H and O–H groups in total. The van der Waals surface area contributed by atoms with Crippen molar-refractivity contribution >= 4 is 33.3 Å². The van der Waals surface area contributed by atoms with Gasteiger partial charge in [-0.1, -0.05) is 27.5 Å². The maximum Gasteiger partial charge on any atom is 0.194 e. The van der Waals surface area contributed by atoms with Crippen LogP contribution in [0.4, 0.5) is 0 Å². The minimum absolute atomic E-state index is 0.1000. The molecule has 0 bridgehead atoms. The fraction of sp³-hybridized carbons (Fsp3) is 0.133. The Morgan fingerprint density at radius 3 is 2.58 bits per heavy atom. The number of hydrogen-bond donors (Lipinski definition) is 0. The number of hydrogen-bond acceptors (Lipinski definition) is 2. The Labute approximate surface area is 125 Å². The molecular weight excluding hydrogens is 328 g/mol. The lowest BCUT2D eigenvalue weighted by molar-refractivity contribution is 0.103. The number of aryl methyl sites for hydroxylation is 1. The van der Waals surface area contributed by atoms with Gasteiger partial charge in [-0.05, 0) is 48.9 Å². The van der Waals surface area contributed by atoms with Crippen molar-refractivity contribution in [2.24, 2.45) is 0 Å². The van der Waals surface area contributed by atoms with Crippen LogP contribution in [0.15, 0.2) is 40.9 Å². The summed E-state index contributed by atoms with van der Waals surface area (Å²) in [6.45, 7) is 1.90. The third-order valence-electron chi connectivity index (χ3n) is 2.83. The van der Waals surface area contributed by atoms with Gasteiger partial charge in [0.05, 0.1) is 12.1 Å². The van der Waals surface area contributed by atoms with Gasteiger partial charge in [0.1, 0.15) is 5.75 Å². The van der Waals surface area contributed by atoms with Gasteiger partial charge in [-0.15, -0.1) is 0 Å². The first kappa shape index (κ1) is 14.1. The first-order chi connectivity index (χ1) is 9.02. The molecule has 19 heavy (non-hydrogen) atoms. The van der Waals surface area contributed by atoms with Crippen LogP contribution in [0.2, 0.25) is 5.02 Å². The Balaban J connectivity index is 2.44. The maximum absolute atomic E-state index is 12.4. The van der Waals surface area contributed by atoms with E-state index in [-0.39, 0.29) is 5.78 Å². The summed E-state index contributed by atoms with van der Waals surface area (Å²) in [6, 6.07) is 10.6. The number of carbonyl (C=O) groups is 1. The van der Waals surface area contributed by atoms with Crippen molar-refractivity contribution in [2.45, 2.75) is 6.92 Å². The number of ether oxygens (including phenoxy) is 1. The standard InChI is InChI=1S/C15H12BrClO2/c1-9-7-10(3-6-14(9)19-2)15(18)12-8-11(16)4-5-13(12)17/h3-8H,1-2H3. The van der Waals surface area contributed by atoms with Gasteiger partial charge in [-0.25, -0.2) is 0 Å². The number of rotatable bonds is 3. The fourth-order valence-corrected chi connectivity index (χ4v) is 2.41. The molecule has 0 radical (unpaired) electrons. The van der Waals surface area contributed by atoms with E-state index in [1.165, 1.54) is 0 Å². The highest BCUT2D eigenvalue weighted by Crippen LogP contribution is 2.25. The summed E-state index contributed by atoms with van der Waals surface area (Å²) < 4.78 is 6.01. The summed E-state index contributed by atoms with van der Waals surface area (Å²) in [5, 5.41) is 0.446. The lowest BCUT2D eigenvalue weighted by Crippen LogP contribution is -2.03. The van der Waals surface area contributed by atoms with Crippen LogP contribution in [0.1, 0.15) is 21.5 Å². The average molecular weight is 340 g/mol. The van der Waals surface area contributed by atoms with E-state index in [0.717, 1.165) is 15.8 Å². The molecule has 0 aliphatic rings. The van der Waals surface area contributed by atoms with Crippen LogP contribution >= 0.6 is 27.5 Å². The lowest BCUT2D eigenvalue weighted by Gasteiger charge is -2.08. The second kappa shape index (κ2) is 5.76. The molecule has 0 aliphatic heterocycles. The predicted molar refractivity (Wildman–Crippen MR) is 80.3 cm³/mol. The monoisotopic (exact) mass is 338 g/mol. The molecule has 2 nitrogen and oxygen atoms in total. The van der Waals surface area contributed by atoms with Crippen molar-refractivity contribution in [2.75, 3.05) is 7.11 Å². The summed E-state index contributed by atoms with van der Waals surface area (Å²) >= 11 is 9.42. The molecule has 0 amide bonds. The van der Waals surface area contributed by atoms with E-state index >= 15 is 0 Å². The van der Waals surface area contributed by atoms with Crippen LogP contribution in [0.3, 0.4) is 0 Å². The normalized spacial score (nSPS) is 10.3. The molecule has 0 fully saturated rings. The molecule has 0 atom stereocenters. The van der Waals surface area contributed by atoms with Crippen LogP contribution in [-0.4, -0.2) is 12.9 Å². The van der Waals surface area contributed by atoms with E-state index < -0.39 is 0 Å². The summed E-state index contributed by atoms with van der Waals surface area (Å²) in [7, 11) is 1.61. The molecule has 0 saturated heterocycles. The predicted octanol–water partition coefficient (Wildman–Crippen LogP) is 4.65. The van der Waals surface area contributed by atoms with Gasteiger partial charge in [0.2, 0.25) is 0 Å². The topological polar surface area (TPSA) is 26.3 Å². The zero-order valence-corrected chi connectivity index (χ0v) is 12.9. The second-order valence-corrected chi connectivity index (χ2v) is 5.46. The molecule has 0 saturated carbocycles. The van der Waals surface area contributed by atoms with E-state index in [1.807, 2.05) is 6.92 Å². The first-order valence-electron chi connectivity index (χ1n) is 5.67. The highest BCUT2D eigenvalue weighted by atomic mass is 79.9. The maximum atomic E-state index is 12.4. The van der Waals surface area contributed by atoms with Gasteiger partial charge in [0.25, 0.3) is 0 Å². The molecule has 0 heterocycles. The van der Waals surface area contributed by atoms with E-state index in [2.05, 4.69) is 15.9 Å². The molecule has 0 spiro atoms. The first-order valence-corrected chi connectivity index (χ1v) is 6.84. The van der Waals surface area contributed by atoms with Crippen molar-refractivity contribution < 1.29 is 9.53 Å². The van der Waals surface area contributed by atoms with E-state index in [1.54, 1.807) is 43.5 Å². The van der Waals surface area contributed by atoms with Gasteiger partial charge in [-0.3, -0.25) is 4.79 Å². The molecule has 2 aromatic rings. The van der Waals surface area contributed by atoms with Crippen LogP contribution in [0.25, 0.3) is 0 Å². The number of methoxy groups -OCH3 is 1. The Morgan fingerprint density at radius 2 is 1.95 bits per heavy atom. The largest absolute Gasteiger partial charge is 0.496 e. The molecular formula is C15H12BrClO2. The molecule has 0 aromatic heterocycles. The van der Waals surface area contributed by atoms with Crippen molar-refractivity contribution in [1.29, 1.82) is 0 Å². The van der Waals surface area contributed by atoms with Crippen LogP contribution in [0.5, 0.6) is 5.75 Å². The summed E-state index contributed by atoms with van der Waals surface area (Å²) in [6.07, 6.45) is 0. The average Bonchev–Trinajstić information content (AvgIpc) is 2.40. The van der Waals surface area contributed by atoms with E-state index in [4.69, 9.17) is 16.3 Å². The van der Waals surface area contributed by atoms with E-state index in [0.29, 0.717) is 16.1 Å². The van der Waals surface area contributed by atoms with Crippen molar-refractivity contribution in [3.05, 3.63) is 62.6 Å². The molecule has 4 heteroatoms. The molecule has 0 aliphatic carbocycles. The third kappa shape index (κ3) is 2.99. The molecule has 0 unspecified atom stereocenters. The number of benzene rings is 2. The van der Waals surface area contributed by atoms with Crippen molar-refractivity contribution in [3.63, 3.8) is 0 Å². The molecule has 98 valence electrons. The van der Waals surface area contributed by atoms with Crippen LogP contribution in [-0.2, 0) is 0 Å². The second-order valence-electron chi connectivity index (χ2n) is 4.14. The zero-order chi connectivity index (χ0) is 14.0. The van der Waals surface area contributed by atoms with Gasteiger partial charge in [0, 0.05) is 15.6 Å². The minimum atomic E-state index is -0.1000. The van der Waals surface area contributed by atoms with Gasteiger partial charge in [-0.2, -0.15) is 0 Å². The Morgan fingerprint density at radius 1 is 1.21 bits per heavy atom. The van der Waals surface area contributed by atoms with E-state index in [9.17, 15) is 4.79 Å². The van der Waals surface area contributed by atoms with Gasteiger partial charge in [0.15, 0.2) is 5.78 Å². The molecule has 2 rings (SSSR count). The van der Waals surface area contributed by atoms with Crippen molar-refractivity contribution in [3.8, 4) is 5.75 Å². The number of ketones is 1. The molecule has 2 aromatic carbocycles. The quantitative estimate of drug-likeness (QED) is 0.761. The summed E-state index contributed by atoms with van der Waals surface area (Å²) in [5.74, 6) is 0.661. The highest BCUT2D eigenvalue weighted by molar-refractivity contribution is 9.10. The highest BCUT2D eigenvalue weighted by Gasteiger charge is 2.14. The SMILES string of the molecule is COc1ccc(C(=O)c2cc(Br)ccc2Cl)cc1C. The smallest absolute Gasteiger partial charge is 0.194 e. The Kier molecular flexibility index (Phi) is 4.27. The summed E-state index contributed by atoms with van der Waals surface area (Å²) in [4.78, 5) is 12.4. The summed E-state index contributed by atoms with van der Waals surface area (Å²) in [5.41, 5.74) is 2.00. The van der Waals surface area contributed by atoms with Gasteiger partial charge >= 0.3 is 0 Å². The van der Waals surface area contributed by atoms with Crippen LogP contribution in [0, 0.1) is 6.92 Å². The van der Waals surface area contributed by atoms with Crippen LogP contribution < -0.4 is 4.74 Å². The number of carbonyl (C=O) groups excluding carboxylic acids is 1. The Bertz CT molecular complexity index is 638. The fourth-order valence-electron chi connectivity index (χ4n) is 1.85. The Hall–Kier alpha value is -1.32. The lowest BCUT2D eigenvalue weighted by atomic mass is 10.0. The van der Waals surface area contributed by atoms with Crippen molar-refractivity contribution in [1.82, 2.24) is 0 Å². The third-order valence-corrected chi connectivity index (χ3v) is 3.65. The van der Waals surface area contributed by atoms with Gasteiger partial charge < -0.3 is 4.74 Å². The zero-order valence-electron chi connectivity index (χ0n) is 10.5. The minimum Gasteiger partial charge on any atom is -0.496 e.